The van der Waals surface area contributed by atoms with E-state index in [1.807, 2.05) is 11.8 Å². The second-order valence-corrected chi connectivity index (χ2v) is 6.60. The third-order valence-corrected chi connectivity index (χ3v) is 3.70. The maximum Gasteiger partial charge on any atom is 0.236 e. The van der Waals surface area contributed by atoms with Gasteiger partial charge >= 0.3 is 0 Å². The first-order valence-electron chi connectivity index (χ1n) is 7.69. The van der Waals surface area contributed by atoms with Gasteiger partial charge < -0.3 is 15.4 Å². The van der Waals surface area contributed by atoms with Gasteiger partial charge in [-0.15, -0.1) is 0 Å². The van der Waals surface area contributed by atoms with E-state index in [2.05, 4.69) is 25.7 Å². The van der Waals surface area contributed by atoms with Crippen molar-refractivity contribution in [3.8, 4) is 0 Å². The first kappa shape index (κ1) is 17.4. The average Bonchev–Trinajstić information content (AvgIpc) is 2.38. The van der Waals surface area contributed by atoms with Gasteiger partial charge in [-0.05, 0) is 31.8 Å². The van der Waals surface area contributed by atoms with Crippen LogP contribution in [0.15, 0.2) is 0 Å². The van der Waals surface area contributed by atoms with Crippen LogP contribution in [0.2, 0.25) is 0 Å². The molecule has 20 heavy (non-hydrogen) atoms. The molecule has 1 heterocycles. The van der Waals surface area contributed by atoms with Crippen molar-refractivity contribution in [2.24, 2.45) is 11.1 Å². The van der Waals surface area contributed by atoms with Crippen LogP contribution in [0.4, 0.5) is 0 Å². The van der Waals surface area contributed by atoms with Crippen LogP contribution >= 0.6 is 0 Å². The van der Waals surface area contributed by atoms with Crippen molar-refractivity contribution in [1.82, 2.24) is 9.80 Å². The number of ether oxygens (including phenoxy) is 1. The van der Waals surface area contributed by atoms with Crippen LogP contribution in [0.3, 0.4) is 0 Å². The van der Waals surface area contributed by atoms with Gasteiger partial charge in [-0.1, -0.05) is 20.8 Å². The molecule has 0 saturated carbocycles. The normalized spacial score (nSPS) is 20.5. The van der Waals surface area contributed by atoms with E-state index in [4.69, 9.17) is 10.5 Å². The SMILES string of the molecule is CCCN(CC(=O)N1CCOC(C)C1)CC(C)(C)CN. The van der Waals surface area contributed by atoms with Crippen LogP contribution in [0, 0.1) is 5.41 Å². The van der Waals surface area contributed by atoms with Crippen molar-refractivity contribution in [2.75, 3.05) is 45.9 Å². The molecule has 0 aromatic rings. The Balaban J connectivity index is 2.53. The zero-order chi connectivity index (χ0) is 15.2. The fourth-order valence-corrected chi connectivity index (χ4v) is 2.54. The molecular formula is C15H31N3O2. The highest BCUT2D eigenvalue weighted by Crippen LogP contribution is 2.15. The fourth-order valence-electron chi connectivity index (χ4n) is 2.54. The second kappa shape index (κ2) is 7.96. The summed E-state index contributed by atoms with van der Waals surface area (Å²) in [6.45, 7) is 13.5. The summed E-state index contributed by atoms with van der Waals surface area (Å²) in [7, 11) is 0. The molecule has 0 radical (unpaired) electrons. The predicted molar refractivity (Wildman–Crippen MR) is 81.6 cm³/mol. The maximum atomic E-state index is 12.4. The molecule has 5 nitrogen and oxygen atoms in total. The van der Waals surface area contributed by atoms with Gasteiger partial charge in [0.05, 0.1) is 19.3 Å². The number of carbonyl (C=O) groups is 1. The second-order valence-electron chi connectivity index (χ2n) is 6.60. The molecule has 0 aliphatic carbocycles. The summed E-state index contributed by atoms with van der Waals surface area (Å²) in [5.74, 6) is 0.210. The topological polar surface area (TPSA) is 58.8 Å². The van der Waals surface area contributed by atoms with E-state index in [1.54, 1.807) is 0 Å². The van der Waals surface area contributed by atoms with Gasteiger partial charge in [0.2, 0.25) is 5.91 Å². The van der Waals surface area contributed by atoms with Gasteiger partial charge in [0.1, 0.15) is 0 Å². The Morgan fingerprint density at radius 1 is 1.50 bits per heavy atom. The molecule has 1 rings (SSSR count). The standard InChI is InChI=1S/C15H31N3O2/c1-5-6-17(12-15(3,4)11-16)10-14(19)18-7-8-20-13(2)9-18/h13H,5-12,16H2,1-4H3. The first-order valence-corrected chi connectivity index (χ1v) is 7.69. The van der Waals surface area contributed by atoms with E-state index in [-0.39, 0.29) is 17.4 Å². The molecule has 0 bridgehead atoms. The number of morpholine rings is 1. The third-order valence-electron chi connectivity index (χ3n) is 3.70. The van der Waals surface area contributed by atoms with Crippen molar-refractivity contribution in [3.05, 3.63) is 0 Å². The van der Waals surface area contributed by atoms with Crippen LogP contribution in [0.5, 0.6) is 0 Å². The van der Waals surface area contributed by atoms with Gasteiger partial charge in [-0.25, -0.2) is 0 Å². The van der Waals surface area contributed by atoms with E-state index < -0.39 is 0 Å². The lowest BCUT2D eigenvalue weighted by molar-refractivity contribution is -0.139. The van der Waals surface area contributed by atoms with E-state index in [0.29, 0.717) is 32.8 Å². The third kappa shape index (κ3) is 5.77. The summed E-state index contributed by atoms with van der Waals surface area (Å²) in [5.41, 5.74) is 5.85. The van der Waals surface area contributed by atoms with E-state index in [9.17, 15) is 4.79 Å². The smallest absolute Gasteiger partial charge is 0.236 e. The first-order chi connectivity index (χ1) is 9.38. The number of nitrogens with zero attached hydrogens (tertiary/aromatic N) is 2. The minimum absolute atomic E-state index is 0.0494. The average molecular weight is 285 g/mol. The summed E-state index contributed by atoms with van der Waals surface area (Å²) in [6, 6.07) is 0. The van der Waals surface area contributed by atoms with Crippen molar-refractivity contribution in [1.29, 1.82) is 0 Å². The van der Waals surface area contributed by atoms with Gasteiger partial charge in [0.25, 0.3) is 0 Å². The van der Waals surface area contributed by atoms with Crippen LogP contribution in [-0.4, -0.2) is 67.7 Å². The molecule has 1 saturated heterocycles. The van der Waals surface area contributed by atoms with Crippen LogP contribution in [0.1, 0.15) is 34.1 Å². The summed E-state index contributed by atoms with van der Waals surface area (Å²) in [6.07, 6.45) is 1.20. The minimum atomic E-state index is 0.0494. The summed E-state index contributed by atoms with van der Waals surface area (Å²) in [4.78, 5) is 16.6. The van der Waals surface area contributed by atoms with Crippen LogP contribution in [0.25, 0.3) is 0 Å². The van der Waals surface area contributed by atoms with Crippen LogP contribution in [-0.2, 0) is 9.53 Å². The Kier molecular flexibility index (Phi) is 6.92. The van der Waals surface area contributed by atoms with Crippen LogP contribution < -0.4 is 5.73 Å². The molecule has 2 N–H and O–H groups in total. The van der Waals surface area contributed by atoms with Crippen molar-refractivity contribution in [2.45, 2.75) is 40.2 Å². The number of hydrogen-bond donors (Lipinski definition) is 1. The highest BCUT2D eigenvalue weighted by atomic mass is 16.5. The summed E-state index contributed by atoms with van der Waals surface area (Å²) >= 11 is 0. The summed E-state index contributed by atoms with van der Waals surface area (Å²) in [5, 5.41) is 0. The number of amides is 1. The van der Waals surface area contributed by atoms with Crippen molar-refractivity contribution in [3.63, 3.8) is 0 Å². The Labute approximate surface area is 123 Å². The van der Waals surface area contributed by atoms with E-state index in [0.717, 1.165) is 19.5 Å². The quantitative estimate of drug-likeness (QED) is 0.756. The molecule has 1 aliphatic heterocycles. The minimum Gasteiger partial charge on any atom is -0.375 e. The Hall–Kier alpha value is -0.650. The predicted octanol–water partition coefficient (Wildman–Crippen LogP) is 0.931. The lowest BCUT2D eigenvalue weighted by Crippen LogP contribution is -2.50. The van der Waals surface area contributed by atoms with Crippen molar-refractivity contribution >= 4 is 5.91 Å². The lowest BCUT2D eigenvalue weighted by Gasteiger charge is -2.35. The van der Waals surface area contributed by atoms with Gasteiger partial charge in [0.15, 0.2) is 0 Å². The summed E-state index contributed by atoms with van der Waals surface area (Å²) < 4.78 is 5.48. The molecule has 1 amide bonds. The van der Waals surface area contributed by atoms with Gasteiger partial charge in [-0.3, -0.25) is 9.69 Å². The molecule has 1 aliphatic rings. The highest BCUT2D eigenvalue weighted by molar-refractivity contribution is 5.78. The van der Waals surface area contributed by atoms with Gasteiger partial charge in [0, 0.05) is 19.6 Å². The zero-order valence-electron chi connectivity index (χ0n) is 13.5. The Bertz CT molecular complexity index is 307. The maximum absolute atomic E-state index is 12.4. The Morgan fingerprint density at radius 2 is 2.20 bits per heavy atom. The molecule has 1 atom stereocenters. The monoisotopic (exact) mass is 285 g/mol. The largest absolute Gasteiger partial charge is 0.375 e. The lowest BCUT2D eigenvalue weighted by atomic mass is 9.93. The van der Waals surface area contributed by atoms with Gasteiger partial charge in [-0.2, -0.15) is 0 Å². The molecule has 0 aromatic heterocycles. The van der Waals surface area contributed by atoms with Crippen molar-refractivity contribution < 1.29 is 9.53 Å². The Morgan fingerprint density at radius 3 is 2.75 bits per heavy atom. The fraction of sp³-hybridized carbons (Fsp3) is 0.933. The molecule has 1 fully saturated rings. The number of hydrogen-bond acceptors (Lipinski definition) is 4. The van der Waals surface area contributed by atoms with E-state index >= 15 is 0 Å². The number of nitrogens with two attached hydrogens (primary N) is 1. The molecule has 1 unspecified atom stereocenters. The van der Waals surface area contributed by atoms with E-state index in [1.165, 1.54) is 0 Å². The highest BCUT2D eigenvalue weighted by Gasteiger charge is 2.25. The molecular weight excluding hydrogens is 254 g/mol. The molecule has 0 aromatic carbocycles. The molecule has 5 heteroatoms. The number of carbonyl (C=O) groups excluding carboxylic acids is 1. The molecule has 118 valence electrons. The zero-order valence-corrected chi connectivity index (χ0v) is 13.5. The number of rotatable bonds is 7. The molecule has 0 spiro atoms.